The molecule has 1 aromatic heterocycles. The highest BCUT2D eigenvalue weighted by Gasteiger charge is 2.20. The number of nitrogens with zero attached hydrogens (tertiary/aromatic N) is 3. The number of aliphatic imine (C=N–C) groups is 1. The molecule has 1 saturated heterocycles. The molecule has 0 amide bonds. The Labute approximate surface area is 156 Å². The topological polar surface area (TPSA) is 61.8 Å². The van der Waals surface area contributed by atoms with E-state index in [0.717, 1.165) is 69.2 Å². The van der Waals surface area contributed by atoms with Crippen LogP contribution in [-0.2, 0) is 11.3 Å². The number of hydrogen-bond donors (Lipinski definition) is 2. The van der Waals surface area contributed by atoms with Gasteiger partial charge in [-0.3, -0.25) is 9.89 Å². The minimum atomic E-state index is 0.718. The van der Waals surface area contributed by atoms with Crippen LogP contribution in [0, 0.1) is 12.8 Å². The molecule has 0 unspecified atom stereocenters. The van der Waals surface area contributed by atoms with Crippen LogP contribution in [0.25, 0.3) is 0 Å². The fraction of sp³-hybridized carbons (Fsp3) is 0.778. The van der Waals surface area contributed by atoms with Gasteiger partial charge in [0.1, 0.15) is 0 Å². The summed E-state index contributed by atoms with van der Waals surface area (Å²) in [5.74, 6) is 1.62. The lowest BCUT2D eigenvalue weighted by atomic mass is 9.97. The number of rotatable bonds is 9. The molecule has 0 radical (unpaired) electrons. The Morgan fingerprint density at radius 3 is 2.84 bits per heavy atom. The first-order valence-electron chi connectivity index (χ1n) is 9.37. The van der Waals surface area contributed by atoms with Crippen LogP contribution in [0.2, 0.25) is 0 Å². The molecule has 0 atom stereocenters. The third-order valence-electron chi connectivity index (χ3n) is 4.50. The lowest BCUT2D eigenvalue weighted by molar-refractivity contribution is 0.145. The average Bonchev–Trinajstić information content (AvgIpc) is 3.03. The van der Waals surface area contributed by atoms with Gasteiger partial charge in [0.05, 0.1) is 10.7 Å². The van der Waals surface area contributed by atoms with Gasteiger partial charge in [-0.1, -0.05) is 0 Å². The number of piperidine rings is 1. The number of ether oxygens (including phenoxy) is 1. The summed E-state index contributed by atoms with van der Waals surface area (Å²) in [6, 6.07) is 0. The Kier molecular flexibility index (Phi) is 9.21. The Morgan fingerprint density at radius 1 is 1.40 bits per heavy atom. The molecular formula is C18H33N5OS. The third-order valence-corrected chi connectivity index (χ3v) is 5.33. The van der Waals surface area contributed by atoms with E-state index in [9.17, 15) is 0 Å². The van der Waals surface area contributed by atoms with Crippen molar-refractivity contribution < 1.29 is 4.74 Å². The number of aryl methyl sites for hydroxylation is 1. The summed E-state index contributed by atoms with van der Waals surface area (Å²) in [7, 11) is 1.83. The molecule has 0 saturated carbocycles. The number of likely N-dealkylation sites (tertiary alicyclic amines) is 1. The summed E-state index contributed by atoms with van der Waals surface area (Å²) in [5.41, 5.74) is 1.22. The van der Waals surface area contributed by atoms with Gasteiger partial charge in [-0.05, 0) is 52.1 Å². The maximum absolute atomic E-state index is 5.35. The van der Waals surface area contributed by atoms with E-state index < -0.39 is 0 Å². The first-order chi connectivity index (χ1) is 12.2. The van der Waals surface area contributed by atoms with Crippen molar-refractivity contribution in [1.29, 1.82) is 0 Å². The summed E-state index contributed by atoms with van der Waals surface area (Å²) in [6.07, 6.45) is 3.47. The van der Waals surface area contributed by atoms with E-state index in [0.29, 0.717) is 0 Å². The van der Waals surface area contributed by atoms with E-state index in [1.807, 2.05) is 14.0 Å². The first kappa shape index (κ1) is 20.1. The van der Waals surface area contributed by atoms with Crippen LogP contribution in [-0.4, -0.2) is 62.3 Å². The van der Waals surface area contributed by atoms with E-state index in [4.69, 9.17) is 4.74 Å². The second-order valence-electron chi connectivity index (χ2n) is 6.51. The standard InChI is InChI=1S/C18H33N5OS/c1-4-24-11-5-8-20-18(19-3)21-12-16-6-9-23(10-7-16)13-17-14-25-15(2)22-17/h14,16H,4-13H2,1-3H3,(H2,19,20,21). The Morgan fingerprint density at radius 2 is 2.20 bits per heavy atom. The van der Waals surface area contributed by atoms with Gasteiger partial charge in [0, 0.05) is 45.3 Å². The summed E-state index contributed by atoms with van der Waals surface area (Å²) < 4.78 is 5.35. The van der Waals surface area contributed by atoms with Crippen LogP contribution in [0.1, 0.15) is 36.9 Å². The quantitative estimate of drug-likeness (QED) is 0.398. The molecule has 2 heterocycles. The predicted octanol–water partition coefficient (Wildman–Crippen LogP) is 2.26. The molecular weight excluding hydrogens is 334 g/mol. The van der Waals surface area contributed by atoms with Gasteiger partial charge in [0.25, 0.3) is 0 Å². The molecule has 1 aliphatic rings. The van der Waals surface area contributed by atoms with Crippen molar-refractivity contribution in [3.05, 3.63) is 16.1 Å². The second-order valence-corrected chi connectivity index (χ2v) is 7.57. The molecule has 25 heavy (non-hydrogen) atoms. The SMILES string of the molecule is CCOCCCNC(=NC)NCC1CCN(Cc2csc(C)n2)CC1. The first-order valence-corrected chi connectivity index (χ1v) is 10.2. The van der Waals surface area contributed by atoms with Crippen LogP contribution in [0.3, 0.4) is 0 Å². The van der Waals surface area contributed by atoms with E-state index in [2.05, 4.69) is 37.8 Å². The zero-order valence-electron chi connectivity index (χ0n) is 15.9. The van der Waals surface area contributed by atoms with Crippen LogP contribution >= 0.6 is 11.3 Å². The van der Waals surface area contributed by atoms with Crippen molar-refractivity contribution in [3.63, 3.8) is 0 Å². The number of aromatic nitrogens is 1. The van der Waals surface area contributed by atoms with Gasteiger partial charge < -0.3 is 15.4 Å². The van der Waals surface area contributed by atoms with Gasteiger partial charge in [0.2, 0.25) is 0 Å². The van der Waals surface area contributed by atoms with Crippen LogP contribution in [0.15, 0.2) is 10.4 Å². The molecule has 1 aromatic rings. The van der Waals surface area contributed by atoms with E-state index in [1.54, 1.807) is 11.3 Å². The van der Waals surface area contributed by atoms with Gasteiger partial charge >= 0.3 is 0 Å². The molecule has 0 aliphatic carbocycles. The van der Waals surface area contributed by atoms with Gasteiger partial charge in [0.15, 0.2) is 5.96 Å². The molecule has 0 spiro atoms. The van der Waals surface area contributed by atoms with Crippen molar-refractivity contribution in [2.45, 2.75) is 39.7 Å². The lowest BCUT2D eigenvalue weighted by Crippen LogP contribution is -2.43. The number of guanidine groups is 1. The second kappa shape index (κ2) is 11.4. The lowest BCUT2D eigenvalue weighted by Gasteiger charge is -2.31. The summed E-state index contributed by atoms with van der Waals surface area (Å²) >= 11 is 1.74. The largest absolute Gasteiger partial charge is 0.382 e. The predicted molar refractivity (Wildman–Crippen MR) is 105 cm³/mol. The number of hydrogen-bond acceptors (Lipinski definition) is 5. The minimum Gasteiger partial charge on any atom is -0.382 e. The Balaban J connectivity index is 1.59. The third kappa shape index (κ3) is 7.71. The van der Waals surface area contributed by atoms with Gasteiger partial charge in [-0.2, -0.15) is 0 Å². The molecule has 2 N–H and O–H groups in total. The van der Waals surface area contributed by atoms with Crippen LogP contribution < -0.4 is 10.6 Å². The molecule has 6 nitrogen and oxygen atoms in total. The highest BCUT2D eigenvalue weighted by molar-refractivity contribution is 7.09. The fourth-order valence-corrected chi connectivity index (χ4v) is 3.65. The number of thiazole rings is 1. The normalized spacial score (nSPS) is 17.0. The highest BCUT2D eigenvalue weighted by atomic mass is 32.1. The Bertz CT molecular complexity index is 511. The summed E-state index contributed by atoms with van der Waals surface area (Å²) in [4.78, 5) is 11.4. The monoisotopic (exact) mass is 367 g/mol. The van der Waals surface area contributed by atoms with Crippen LogP contribution in [0.5, 0.6) is 0 Å². The molecule has 0 bridgehead atoms. The van der Waals surface area contributed by atoms with Crippen molar-refractivity contribution in [2.24, 2.45) is 10.9 Å². The Hall–Kier alpha value is -1.18. The smallest absolute Gasteiger partial charge is 0.190 e. The summed E-state index contributed by atoms with van der Waals surface area (Å²) in [5, 5.41) is 10.2. The van der Waals surface area contributed by atoms with Crippen molar-refractivity contribution in [1.82, 2.24) is 20.5 Å². The van der Waals surface area contributed by atoms with E-state index in [1.165, 1.54) is 18.5 Å². The summed E-state index contributed by atoms with van der Waals surface area (Å²) in [6.45, 7) is 10.9. The molecule has 1 aliphatic heterocycles. The highest BCUT2D eigenvalue weighted by Crippen LogP contribution is 2.19. The fourth-order valence-electron chi connectivity index (χ4n) is 3.05. The van der Waals surface area contributed by atoms with Crippen molar-refractivity contribution in [2.75, 3.05) is 46.4 Å². The molecule has 7 heteroatoms. The maximum Gasteiger partial charge on any atom is 0.190 e. The maximum atomic E-state index is 5.35. The molecule has 2 rings (SSSR count). The van der Waals surface area contributed by atoms with Crippen LogP contribution in [0.4, 0.5) is 0 Å². The minimum absolute atomic E-state index is 0.718. The van der Waals surface area contributed by atoms with Gasteiger partial charge in [-0.15, -0.1) is 11.3 Å². The zero-order valence-corrected chi connectivity index (χ0v) is 16.7. The molecule has 1 fully saturated rings. The number of nitrogens with one attached hydrogen (secondary N) is 2. The van der Waals surface area contributed by atoms with Gasteiger partial charge in [-0.25, -0.2) is 4.98 Å². The average molecular weight is 368 g/mol. The van der Waals surface area contributed by atoms with Crippen molar-refractivity contribution in [3.8, 4) is 0 Å². The van der Waals surface area contributed by atoms with E-state index >= 15 is 0 Å². The van der Waals surface area contributed by atoms with E-state index in [-0.39, 0.29) is 0 Å². The molecule has 142 valence electrons. The zero-order chi connectivity index (χ0) is 17.9. The van der Waals surface area contributed by atoms with Crippen molar-refractivity contribution >= 4 is 17.3 Å². The molecule has 0 aromatic carbocycles.